The standard InChI is InChI=1S/C52H32N2/c1-2-13-33(14-3-1)47-30-28-39-37(19-12-24-48(39)53-47)36-16-10-15-34(31-36)35-27-29-44-42(32-35)38-17-4-6-21-43(38)52(44)45-22-7-9-26-50(45)54-49-25-8-5-18-40(49)41-20-11-23-46(52)51(41)54/h1-32H. The van der Waals surface area contributed by atoms with E-state index in [-0.39, 0.29) is 0 Å². The van der Waals surface area contributed by atoms with Crippen LogP contribution in [0.2, 0.25) is 0 Å². The van der Waals surface area contributed by atoms with Crippen molar-refractivity contribution in [2.45, 2.75) is 5.41 Å². The Hall–Kier alpha value is -7.03. The lowest BCUT2D eigenvalue weighted by Gasteiger charge is -2.39. The minimum atomic E-state index is -0.443. The summed E-state index contributed by atoms with van der Waals surface area (Å²) in [7, 11) is 0. The number of rotatable bonds is 3. The predicted molar refractivity (Wildman–Crippen MR) is 223 cm³/mol. The number of pyridine rings is 1. The molecule has 0 amide bonds. The van der Waals surface area contributed by atoms with Gasteiger partial charge in [0.2, 0.25) is 0 Å². The average Bonchev–Trinajstić information content (AvgIpc) is 3.74. The molecule has 2 nitrogen and oxygen atoms in total. The SMILES string of the molecule is c1ccc(-c2ccc3c(-c4cccc(-c5ccc6c(c5)-c5ccccc5C65c6ccccc6-n6c7ccccc7c7cccc5c76)c4)cccc3n2)cc1. The minimum Gasteiger partial charge on any atom is -0.309 e. The number of benzene rings is 8. The van der Waals surface area contributed by atoms with Gasteiger partial charge < -0.3 is 4.57 Å². The van der Waals surface area contributed by atoms with E-state index in [0.29, 0.717) is 0 Å². The largest absolute Gasteiger partial charge is 0.309 e. The minimum absolute atomic E-state index is 0.443. The van der Waals surface area contributed by atoms with Crippen LogP contribution in [0.25, 0.3) is 83.0 Å². The van der Waals surface area contributed by atoms with Crippen molar-refractivity contribution in [1.82, 2.24) is 9.55 Å². The van der Waals surface area contributed by atoms with Crippen LogP contribution in [0.4, 0.5) is 0 Å². The molecule has 0 saturated carbocycles. The molecule has 12 rings (SSSR count). The first kappa shape index (κ1) is 29.5. The Morgan fingerprint density at radius 2 is 1.04 bits per heavy atom. The Balaban J connectivity index is 1.05. The average molecular weight is 685 g/mol. The first-order chi connectivity index (χ1) is 26.8. The molecule has 250 valence electrons. The quantitative estimate of drug-likeness (QED) is 0.181. The number of para-hydroxylation sites is 3. The number of fused-ring (bicyclic) bond motifs is 13. The molecule has 1 atom stereocenters. The van der Waals surface area contributed by atoms with Gasteiger partial charge in [0.05, 0.1) is 33.3 Å². The fraction of sp³-hybridized carbons (Fsp3) is 0.0192. The van der Waals surface area contributed by atoms with Gasteiger partial charge >= 0.3 is 0 Å². The highest BCUT2D eigenvalue weighted by Gasteiger charge is 2.50. The third kappa shape index (κ3) is 3.87. The van der Waals surface area contributed by atoms with E-state index in [9.17, 15) is 0 Å². The van der Waals surface area contributed by atoms with E-state index in [0.717, 1.165) is 22.2 Å². The lowest BCUT2D eigenvalue weighted by Crippen LogP contribution is -2.33. The number of hydrogen-bond acceptors (Lipinski definition) is 1. The smallest absolute Gasteiger partial charge is 0.0754 e. The Morgan fingerprint density at radius 1 is 0.370 bits per heavy atom. The van der Waals surface area contributed by atoms with Crippen LogP contribution < -0.4 is 0 Å². The molecule has 54 heavy (non-hydrogen) atoms. The van der Waals surface area contributed by atoms with E-state index < -0.39 is 5.41 Å². The number of aromatic nitrogens is 2. The molecule has 1 aliphatic carbocycles. The molecule has 0 radical (unpaired) electrons. The fourth-order valence-electron chi connectivity index (χ4n) is 9.79. The highest BCUT2D eigenvalue weighted by molar-refractivity contribution is 6.13. The van der Waals surface area contributed by atoms with Crippen molar-refractivity contribution in [3.05, 3.63) is 216 Å². The Kier molecular flexibility index (Phi) is 6.01. The third-order valence-corrected chi connectivity index (χ3v) is 12.0. The van der Waals surface area contributed by atoms with Gasteiger partial charge in [-0.2, -0.15) is 0 Å². The summed E-state index contributed by atoms with van der Waals surface area (Å²) in [6.45, 7) is 0. The second-order valence-electron chi connectivity index (χ2n) is 14.6. The van der Waals surface area contributed by atoms with Crippen LogP contribution >= 0.6 is 0 Å². The normalized spacial score (nSPS) is 15.1. The van der Waals surface area contributed by atoms with E-state index >= 15 is 0 Å². The van der Waals surface area contributed by atoms with Crippen LogP contribution in [0.5, 0.6) is 0 Å². The van der Waals surface area contributed by atoms with E-state index in [4.69, 9.17) is 4.98 Å². The summed E-state index contributed by atoms with van der Waals surface area (Å²) in [4.78, 5) is 5.07. The molecular weight excluding hydrogens is 653 g/mol. The van der Waals surface area contributed by atoms with Gasteiger partial charge in [0.1, 0.15) is 0 Å². The van der Waals surface area contributed by atoms with Crippen molar-refractivity contribution in [2.24, 2.45) is 0 Å². The molecule has 2 heteroatoms. The van der Waals surface area contributed by atoms with Crippen molar-refractivity contribution in [3.8, 4) is 50.3 Å². The van der Waals surface area contributed by atoms with Crippen LogP contribution in [-0.4, -0.2) is 9.55 Å². The van der Waals surface area contributed by atoms with Gasteiger partial charge in [-0.1, -0.05) is 158 Å². The zero-order valence-electron chi connectivity index (χ0n) is 29.4. The molecule has 1 aliphatic heterocycles. The Bertz CT molecular complexity index is 3170. The van der Waals surface area contributed by atoms with Crippen molar-refractivity contribution in [3.63, 3.8) is 0 Å². The molecule has 1 spiro atoms. The lowest BCUT2D eigenvalue weighted by atomic mass is 9.65. The molecule has 1 unspecified atom stereocenters. The van der Waals surface area contributed by atoms with Gasteiger partial charge in [0, 0.05) is 21.7 Å². The van der Waals surface area contributed by atoms with Crippen LogP contribution in [0.15, 0.2) is 194 Å². The van der Waals surface area contributed by atoms with Crippen molar-refractivity contribution < 1.29 is 0 Å². The first-order valence-electron chi connectivity index (χ1n) is 18.7. The van der Waals surface area contributed by atoms with Crippen LogP contribution in [0.1, 0.15) is 22.3 Å². The van der Waals surface area contributed by atoms with Gasteiger partial charge in [-0.15, -0.1) is 0 Å². The molecule has 10 aromatic rings. The fourth-order valence-corrected chi connectivity index (χ4v) is 9.79. The van der Waals surface area contributed by atoms with Crippen LogP contribution in [0, 0.1) is 0 Å². The zero-order valence-corrected chi connectivity index (χ0v) is 29.4. The van der Waals surface area contributed by atoms with Gasteiger partial charge in [-0.3, -0.25) is 0 Å². The summed E-state index contributed by atoms with van der Waals surface area (Å²) >= 11 is 0. The second kappa shape index (κ2) is 11.0. The predicted octanol–water partition coefficient (Wildman–Crippen LogP) is 13.0. The lowest BCUT2D eigenvalue weighted by molar-refractivity contribution is 0.748. The summed E-state index contributed by atoms with van der Waals surface area (Å²) < 4.78 is 2.51. The highest BCUT2D eigenvalue weighted by Crippen LogP contribution is 2.61. The first-order valence-corrected chi connectivity index (χ1v) is 18.7. The van der Waals surface area contributed by atoms with E-state index in [1.807, 2.05) is 6.07 Å². The Morgan fingerprint density at radius 3 is 1.98 bits per heavy atom. The maximum Gasteiger partial charge on any atom is 0.0754 e. The van der Waals surface area contributed by atoms with E-state index in [1.165, 1.54) is 83.1 Å². The van der Waals surface area contributed by atoms with E-state index in [1.54, 1.807) is 0 Å². The van der Waals surface area contributed by atoms with Gasteiger partial charge in [0.25, 0.3) is 0 Å². The van der Waals surface area contributed by atoms with Gasteiger partial charge in [0.15, 0.2) is 0 Å². The van der Waals surface area contributed by atoms with Crippen molar-refractivity contribution >= 4 is 32.7 Å². The van der Waals surface area contributed by atoms with Crippen molar-refractivity contribution in [1.29, 1.82) is 0 Å². The van der Waals surface area contributed by atoms with Gasteiger partial charge in [-0.05, 0) is 92.0 Å². The monoisotopic (exact) mass is 684 g/mol. The molecular formula is C52H32N2. The molecule has 2 aliphatic rings. The summed E-state index contributed by atoms with van der Waals surface area (Å²) in [5.41, 5.74) is 19.2. The number of hydrogen-bond donors (Lipinski definition) is 0. The molecule has 0 N–H and O–H groups in total. The molecule has 8 aromatic carbocycles. The third-order valence-electron chi connectivity index (χ3n) is 12.0. The Labute approximate surface area is 313 Å². The molecule has 0 saturated heterocycles. The maximum absolute atomic E-state index is 5.07. The topological polar surface area (TPSA) is 17.8 Å². The summed E-state index contributed by atoms with van der Waals surface area (Å²) in [5.74, 6) is 0. The highest BCUT2D eigenvalue weighted by atomic mass is 15.0. The second-order valence-corrected chi connectivity index (χ2v) is 14.6. The number of nitrogens with zero attached hydrogens (tertiary/aromatic N) is 2. The molecule has 0 fully saturated rings. The molecule has 2 aromatic heterocycles. The molecule has 0 bridgehead atoms. The zero-order chi connectivity index (χ0) is 35.4. The van der Waals surface area contributed by atoms with Crippen LogP contribution in [0.3, 0.4) is 0 Å². The summed E-state index contributed by atoms with van der Waals surface area (Å²) in [6, 6.07) is 71.4. The van der Waals surface area contributed by atoms with Crippen molar-refractivity contribution in [2.75, 3.05) is 0 Å². The van der Waals surface area contributed by atoms with E-state index in [2.05, 4.69) is 193 Å². The van der Waals surface area contributed by atoms with Crippen LogP contribution in [-0.2, 0) is 5.41 Å². The summed E-state index contributed by atoms with van der Waals surface area (Å²) in [6.07, 6.45) is 0. The summed E-state index contributed by atoms with van der Waals surface area (Å²) in [5, 5.41) is 3.75. The van der Waals surface area contributed by atoms with Gasteiger partial charge in [-0.25, -0.2) is 4.98 Å². The maximum atomic E-state index is 5.07. The molecule has 3 heterocycles.